The molecule has 2 aromatic heterocycles. The van der Waals surface area contributed by atoms with Crippen LogP contribution in [-0.2, 0) is 0 Å². The van der Waals surface area contributed by atoms with Crippen molar-refractivity contribution in [1.82, 2.24) is 19.5 Å². The Hall–Kier alpha value is -4.80. The van der Waals surface area contributed by atoms with Gasteiger partial charge in [0, 0.05) is 26.9 Å². The van der Waals surface area contributed by atoms with E-state index in [0.717, 1.165) is 32.9 Å². The van der Waals surface area contributed by atoms with E-state index in [1.807, 2.05) is 66.7 Å². The topological polar surface area (TPSA) is 43.6 Å². The number of hydrogen-bond donors (Lipinski definition) is 0. The molecular weight excluding hydrogens is 488 g/mol. The standard InChI is InChI=1S/C33H21ClN4/c34-26-15-9-14-25(20-26)32-35-31(23-12-5-2-6-13-23)36-33(37-32)38-29-17-8-7-16-27(29)28-21-24(18-19-30(28)38)22-10-3-1-4-11-22/h1-21H. The van der Waals surface area contributed by atoms with Gasteiger partial charge in [-0.1, -0.05) is 109 Å². The first-order valence-corrected chi connectivity index (χ1v) is 12.8. The van der Waals surface area contributed by atoms with Gasteiger partial charge in [0.1, 0.15) is 0 Å². The largest absolute Gasteiger partial charge is 0.278 e. The average Bonchev–Trinajstić information content (AvgIpc) is 3.32. The fourth-order valence-corrected chi connectivity index (χ4v) is 5.13. The summed E-state index contributed by atoms with van der Waals surface area (Å²) in [4.78, 5) is 14.8. The third-order valence-corrected chi connectivity index (χ3v) is 6.95. The highest BCUT2D eigenvalue weighted by atomic mass is 35.5. The normalized spacial score (nSPS) is 11.3. The van der Waals surface area contributed by atoms with Gasteiger partial charge in [0.05, 0.1) is 11.0 Å². The number of nitrogens with zero attached hydrogens (tertiary/aromatic N) is 4. The van der Waals surface area contributed by atoms with Gasteiger partial charge in [0.25, 0.3) is 0 Å². The Morgan fingerprint density at radius 3 is 1.84 bits per heavy atom. The zero-order valence-electron chi connectivity index (χ0n) is 20.3. The van der Waals surface area contributed by atoms with Crippen molar-refractivity contribution >= 4 is 33.4 Å². The lowest BCUT2D eigenvalue weighted by Crippen LogP contribution is -2.06. The van der Waals surface area contributed by atoms with Gasteiger partial charge in [-0.05, 0) is 41.5 Å². The molecule has 180 valence electrons. The first-order valence-electron chi connectivity index (χ1n) is 12.4. The van der Waals surface area contributed by atoms with Crippen LogP contribution in [0.5, 0.6) is 0 Å². The Balaban J connectivity index is 1.51. The molecule has 0 fully saturated rings. The Kier molecular flexibility index (Phi) is 5.46. The van der Waals surface area contributed by atoms with Crippen LogP contribution in [-0.4, -0.2) is 19.5 Å². The average molecular weight is 509 g/mol. The van der Waals surface area contributed by atoms with E-state index in [9.17, 15) is 0 Å². The first-order chi connectivity index (χ1) is 18.7. The van der Waals surface area contributed by atoms with Crippen LogP contribution in [0.4, 0.5) is 0 Å². The van der Waals surface area contributed by atoms with Crippen LogP contribution < -0.4 is 0 Å². The molecular formula is C33H21ClN4. The van der Waals surface area contributed by atoms with Crippen molar-refractivity contribution in [2.24, 2.45) is 0 Å². The molecule has 0 radical (unpaired) electrons. The fourth-order valence-electron chi connectivity index (χ4n) is 4.94. The second-order valence-corrected chi connectivity index (χ2v) is 9.55. The van der Waals surface area contributed by atoms with Crippen molar-refractivity contribution in [2.45, 2.75) is 0 Å². The zero-order valence-corrected chi connectivity index (χ0v) is 21.0. The van der Waals surface area contributed by atoms with Crippen LogP contribution in [0.1, 0.15) is 0 Å². The van der Waals surface area contributed by atoms with Gasteiger partial charge in [-0.2, -0.15) is 9.97 Å². The molecule has 0 saturated carbocycles. The quantitative estimate of drug-likeness (QED) is 0.239. The molecule has 0 atom stereocenters. The first kappa shape index (κ1) is 22.4. The molecule has 0 amide bonds. The molecule has 0 N–H and O–H groups in total. The van der Waals surface area contributed by atoms with Gasteiger partial charge >= 0.3 is 0 Å². The highest BCUT2D eigenvalue weighted by Gasteiger charge is 2.18. The molecule has 0 aliphatic heterocycles. The van der Waals surface area contributed by atoms with Crippen molar-refractivity contribution in [2.75, 3.05) is 0 Å². The van der Waals surface area contributed by atoms with E-state index >= 15 is 0 Å². The minimum Gasteiger partial charge on any atom is -0.278 e. The molecule has 0 aliphatic rings. The second kappa shape index (κ2) is 9.25. The molecule has 5 aromatic carbocycles. The molecule has 5 heteroatoms. The number of rotatable bonds is 4. The molecule has 0 aliphatic carbocycles. The van der Waals surface area contributed by atoms with Crippen LogP contribution in [0.25, 0.3) is 61.7 Å². The second-order valence-electron chi connectivity index (χ2n) is 9.11. The van der Waals surface area contributed by atoms with E-state index in [1.165, 1.54) is 11.1 Å². The number of benzene rings is 5. The van der Waals surface area contributed by atoms with Gasteiger partial charge in [0.15, 0.2) is 11.6 Å². The number of halogens is 1. The highest BCUT2D eigenvalue weighted by molar-refractivity contribution is 6.30. The van der Waals surface area contributed by atoms with Crippen LogP contribution in [0.15, 0.2) is 127 Å². The van der Waals surface area contributed by atoms with Crippen LogP contribution in [0.2, 0.25) is 5.02 Å². The predicted octanol–water partition coefficient (Wildman–Crippen LogP) is 8.62. The molecule has 0 spiro atoms. The summed E-state index contributed by atoms with van der Waals surface area (Å²) in [5.74, 6) is 1.74. The van der Waals surface area contributed by atoms with Gasteiger partial charge in [0.2, 0.25) is 5.95 Å². The monoisotopic (exact) mass is 508 g/mol. The summed E-state index contributed by atoms with van der Waals surface area (Å²) in [5.41, 5.74) is 6.18. The number of hydrogen-bond acceptors (Lipinski definition) is 3. The van der Waals surface area contributed by atoms with E-state index in [2.05, 4.69) is 65.2 Å². The number of para-hydroxylation sites is 1. The summed E-state index contributed by atoms with van der Waals surface area (Å²) in [7, 11) is 0. The van der Waals surface area contributed by atoms with Gasteiger partial charge in [-0.3, -0.25) is 4.57 Å². The van der Waals surface area contributed by atoms with Crippen molar-refractivity contribution in [3.63, 3.8) is 0 Å². The predicted molar refractivity (Wildman–Crippen MR) is 155 cm³/mol. The van der Waals surface area contributed by atoms with Crippen molar-refractivity contribution in [3.05, 3.63) is 132 Å². The molecule has 2 heterocycles. The molecule has 4 nitrogen and oxygen atoms in total. The number of aromatic nitrogens is 4. The van der Waals surface area contributed by atoms with Gasteiger partial charge in [-0.15, -0.1) is 0 Å². The summed E-state index contributed by atoms with van der Waals surface area (Å²) in [6, 6.07) is 43.0. The van der Waals surface area contributed by atoms with E-state index in [-0.39, 0.29) is 0 Å². The SMILES string of the molecule is Clc1cccc(-c2nc(-c3ccccc3)nc(-n3c4ccccc4c4cc(-c5ccccc5)ccc43)n2)c1. The maximum absolute atomic E-state index is 6.34. The Bertz CT molecular complexity index is 1930. The summed E-state index contributed by atoms with van der Waals surface area (Å²) >= 11 is 6.34. The highest BCUT2D eigenvalue weighted by Crippen LogP contribution is 2.35. The minimum absolute atomic E-state index is 0.562. The van der Waals surface area contributed by atoms with E-state index in [1.54, 1.807) is 0 Å². The van der Waals surface area contributed by atoms with Crippen LogP contribution >= 0.6 is 11.6 Å². The zero-order chi connectivity index (χ0) is 25.5. The molecule has 0 unspecified atom stereocenters. The van der Waals surface area contributed by atoms with E-state index in [4.69, 9.17) is 26.6 Å². The summed E-state index contributed by atoms with van der Waals surface area (Å²) in [6.07, 6.45) is 0. The smallest absolute Gasteiger partial charge is 0.238 e. The molecule has 38 heavy (non-hydrogen) atoms. The third kappa shape index (κ3) is 3.92. The van der Waals surface area contributed by atoms with Crippen molar-refractivity contribution < 1.29 is 0 Å². The van der Waals surface area contributed by atoms with Gasteiger partial charge in [-0.25, -0.2) is 4.98 Å². The minimum atomic E-state index is 0.562. The van der Waals surface area contributed by atoms with E-state index in [0.29, 0.717) is 22.6 Å². The molecule has 0 saturated heterocycles. The maximum atomic E-state index is 6.34. The Morgan fingerprint density at radius 1 is 0.447 bits per heavy atom. The van der Waals surface area contributed by atoms with Crippen molar-refractivity contribution in [1.29, 1.82) is 0 Å². The van der Waals surface area contributed by atoms with E-state index < -0.39 is 0 Å². The van der Waals surface area contributed by atoms with Crippen LogP contribution in [0, 0.1) is 0 Å². The fraction of sp³-hybridized carbons (Fsp3) is 0. The Labute approximate surface area is 224 Å². The Morgan fingerprint density at radius 2 is 1.08 bits per heavy atom. The summed E-state index contributed by atoms with van der Waals surface area (Å²) in [5, 5.41) is 2.93. The lowest BCUT2D eigenvalue weighted by atomic mass is 10.0. The maximum Gasteiger partial charge on any atom is 0.238 e. The lowest BCUT2D eigenvalue weighted by Gasteiger charge is -2.11. The lowest BCUT2D eigenvalue weighted by molar-refractivity contribution is 0.953. The van der Waals surface area contributed by atoms with Crippen molar-refractivity contribution in [3.8, 4) is 39.9 Å². The molecule has 7 rings (SSSR count). The van der Waals surface area contributed by atoms with Gasteiger partial charge < -0.3 is 0 Å². The van der Waals surface area contributed by atoms with Crippen LogP contribution in [0.3, 0.4) is 0 Å². The third-order valence-electron chi connectivity index (χ3n) is 6.72. The molecule has 0 bridgehead atoms. The summed E-state index contributed by atoms with van der Waals surface area (Å²) in [6.45, 7) is 0. The number of fused-ring (bicyclic) bond motifs is 3. The summed E-state index contributed by atoms with van der Waals surface area (Å²) < 4.78 is 2.13. The molecule has 7 aromatic rings.